The number of rotatable bonds is 2. The van der Waals surface area contributed by atoms with Crippen molar-refractivity contribution in [3.8, 4) is 0 Å². The first-order valence-corrected chi connectivity index (χ1v) is 3.38. The average molecular weight is 153 g/mol. The Hall–Kier alpha value is -1.16. The summed E-state index contributed by atoms with van der Waals surface area (Å²) in [7, 11) is 1.73. The van der Waals surface area contributed by atoms with Crippen molar-refractivity contribution in [2.24, 2.45) is 12.8 Å². The van der Waals surface area contributed by atoms with Crippen LogP contribution in [0.15, 0.2) is 6.20 Å². The van der Waals surface area contributed by atoms with Gasteiger partial charge in [0, 0.05) is 7.05 Å². The predicted octanol–water partition coefficient (Wildman–Crippen LogP) is -0.130. The lowest BCUT2D eigenvalue weighted by molar-refractivity contribution is 0.0992. The number of ketones is 1. The van der Waals surface area contributed by atoms with Crippen LogP contribution in [0.2, 0.25) is 0 Å². The molecule has 0 spiro atoms. The zero-order chi connectivity index (χ0) is 8.43. The molecular formula is C7H11N3O. The Kier molecular flexibility index (Phi) is 2.05. The Balaban J connectivity index is 3.10. The van der Waals surface area contributed by atoms with Crippen LogP contribution in [0, 0.1) is 6.92 Å². The van der Waals surface area contributed by atoms with Crippen molar-refractivity contribution >= 4 is 5.78 Å². The molecule has 1 aromatic heterocycles. The minimum atomic E-state index is -0.0671. The van der Waals surface area contributed by atoms with Crippen LogP contribution in [-0.2, 0) is 7.05 Å². The van der Waals surface area contributed by atoms with Gasteiger partial charge in [0.1, 0.15) is 5.69 Å². The van der Waals surface area contributed by atoms with Gasteiger partial charge in [-0.15, -0.1) is 0 Å². The maximum Gasteiger partial charge on any atom is 0.194 e. The molecule has 0 aliphatic rings. The first-order chi connectivity index (χ1) is 5.16. The van der Waals surface area contributed by atoms with Gasteiger partial charge in [0.05, 0.1) is 12.7 Å². The minimum absolute atomic E-state index is 0.0420. The lowest BCUT2D eigenvalue weighted by Gasteiger charge is -1.98. The highest BCUT2D eigenvalue weighted by Crippen LogP contribution is 2.04. The predicted molar refractivity (Wildman–Crippen MR) is 41.3 cm³/mol. The third-order valence-electron chi connectivity index (χ3n) is 1.57. The van der Waals surface area contributed by atoms with Crippen LogP contribution >= 0.6 is 0 Å². The summed E-state index contributed by atoms with van der Waals surface area (Å²) in [6.07, 6.45) is 1.66. The van der Waals surface area contributed by atoms with E-state index in [0.29, 0.717) is 5.69 Å². The molecule has 0 bridgehead atoms. The van der Waals surface area contributed by atoms with Gasteiger partial charge < -0.3 is 5.73 Å². The molecule has 1 aromatic rings. The van der Waals surface area contributed by atoms with Gasteiger partial charge in [-0.1, -0.05) is 0 Å². The molecule has 0 unspecified atom stereocenters. The van der Waals surface area contributed by atoms with Gasteiger partial charge in [-0.05, 0) is 12.5 Å². The van der Waals surface area contributed by atoms with Crippen molar-refractivity contribution in [2.75, 3.05) is 6.54 Å². The molecule has 11 heavy (non-hydrogen) atoms. The first-order valence-electron chi connectivity index (χ1n) is 3.38. The summed E-state index contributed by atoms with van der Waals surface area (Å²) in [6.45, 7) is 1.89. The highest BCUT2D eigenvalue weighted by atomic mass is 16.1. The van der Waals surface area contributed by atoms with Crippen LogP contribution in [0.4, 0.5) is 0 Å². The quantitative estimate of drug-likeness (QED) is 0.602. The molecule has 0 aliphatic heterocycles. The summed E-state index contributed by atoms with van der Waals surface area (Å²) in [6, 6.07) is 0. The van der Waals surface area contributed by atoms with Gasteiger partial charge >= 0.3 is 0 Å². The Labute approximate surface area is 65.0 Å². The number of Topliss-reactive ketones (excluding diaryl/α,β-unsaturated/α-hetero) is 1. The van der Waals surface area contributed by atoms with Crippen LogP contribution in [0.5, 0.6) is 0 Å². The zero-order valence-corrected chi connectivity index (χ0v) is 6.66. The normalized spacial score (nSPS) is 10.1. The highest BCUT2D eigenvalue weighted by molar-refractivity contribution is 5.97. The third kappa shape index (κ3) is 1.30. The summed E-state index contributed by atoms with van der Waals surface area (Å²) < 4.78 is 1.55. The summed E-state index contributed by atoms with van der Waals surface area (Å²) in [5, 5.41) is 3.93. The van der Waals surface area contributed by atoms with Gasteiger partial charge in [-0.3, -0.25) is 9.48 Å². The van der Waals surface area contributed by atoms with Gasteiger partial charge in [0.2, 0.25) is 0 Å². The van der Waals surface area contributed by atoms with E-state index in [1.165, 1.54) is 0 Å². The van der Waals surface area contributed by atoms with E-state index in [9.17, 15) is 4.79 Å². The van der Waals surface area contributed by atoms with Crippen LogP contribution < -0.4 is 5.73 Å². The monoisotopic (exact) mass is 153 g/mol. The number of hydrogen-bond acceptors (Lipinski definition) is 3. The molecule has 0 atom stereocenters. The topological polar surface area (TPSA) is 60.9 Å². The van der Waals surface area contributed by atoms with E-state index in [1.54, 1.807) is 17.9 Å². The second-order valence-corrected chi connectivity index (χ2v) is 2.43. The van der Waals surface area contributed by atoms with Gasteiger partial charge in [-0.25, -0.2) is 0 Å². The molecule has 4 nitrogen and oxygen atoms in total. The summed E-state index contributed by atoms with van der Waals surface area (Å²) in [5.41, 5.74) is 6.69. The molecule has 60 valence electrons. The Morgan fingerprint density at radius 1 is 1.82 bits per heavy atom. The first kappa shape index (κ1) is 7.94. The molecule has 0 amide bonds. The van der Waals surface area contributed by atoms with Crippen molar-refractivity contribution in [3.05, 3.63) is 17.5 Å². The fraction of sp³-hybridized carbons (Fsp3) is 0.429. The van der Waals surface area contributed by atoms with Crippen molar-refractivity contribution in [3.63, 3.8) is 0 Å². The largest absolute Gasteiger partial charge is 0.324 e. The van der Waals surface area contributed by atoms with Crippen molar-refractivity contribution in [1.29, 1.82) is 0 Å². The number of carbonyl (C=O) groups is 1. The van der Waals surface area contributed by atoms with Crippen LogP contribution in [0.3, 0.4) is 0 Å². The summed E-state index contributed by atoms with van der Waals surface area (Å²) in [4.78, 5) is 11.1. The van der Waals surface area contributed by atoms with Gasteiger partial charge in [-0.2, -0.15) is 5.10 Å². The number of aryl methyl sites for hydroxylation is 2. The SMILES string of the molecule is Cc1cnn(C)c1C(=O)CN. The molecule has 1 rings (SSSR count). The lowest BCUT2D eigenvalue weighted by atomic mass is 10.2. The number of nitrogens with two attached hydrogens (primary N) is 1. The molecular weight excluding hydrogens is 142 g/mol. The van der Waals surface area contributed by atoms with Crippen molar-refractivity contribution < 1.29 is 4.79 Å². The van der Waals surface area contributed by atoms with Crippen LogP contribution in [0.25, 0.3) is 0 Å². The fourth-order valence-corrected chi connectivity index (χ4v) is 1.04. The molecule has 0 saturated heterocycles. The molecule has 0 saturated carbocycles. The van der Waals surface area contributed by atoms with Crippen LogP contribution in [-0.4, -0.2) is 22.1 Å². The maximum atomic E-state index is 11.1. The molecule has 4 heteroatoms. The molecule has 1 heterocycles. The van der Waals surface area contributed by atoms with E-state index < -0.39 is 0 Å². The lowest BCUT2D eigenvalue weighted by Crippen LogP contribution is -2.18. The fourth-order valence-electron chi connectivity index (χ4n) is 1.04. The second-order valence-electron chi connectivity index (χ2n) is 2.43. The molecule has 0 radical (unpaired) electrons. The minimum Gasteiger partial charge on any atom is -0.324 e. The smallest absolute Gasteiger partial charge is 0.194 e. The number of nitrogens with zero attached hydrogens (tertiary/aromatic N) is 2. The van der Waals surface area contributed by atoms with E-state index >= 15 is 0 Å². The third-order valence-corrected chi connectivity index (χ3v) is 1.57. The van der Waals surface area contributed by atoms with Gasteiger partial charge in [0.15, 0.2) is 5.78 Å². The zero-order valence-electron chi connectivity index (χ0n) is 6.66. The molecule has 2 N–H and O–H groups in total. The molecule has 0 aliphatic carbocycles. The highest BCUT2D eigenvalue weighted by Gasteiger charge is 2.11. The molecule has 0 fully saturated rings. The maximum absolute atomic E-state index is 11.1. The molecule has 0 aromatic carbocycles. The van der Waals surface area contributed by atoms with Gasteiger partial charge in [0.25, 0.3) is 0 Å². The van der Waals surface area contributed by atoms with Crippen molar-refractivity contribution in [1.82, 2.24) is 9.78 Å². The van der Waals surface area contributed by atoms with E-state index in [2.05, 4.69) is 5.10 Å². The Morgan fingerprint density at radius 3 is 2.82 bits per heavy atom. The summed E-state index contributed by atoms with van der Waals surface area (Å²) >= 11 is 0. The number of hydrogen-bond donors (Lipinski definition) is 1. The summed E-state index contributed by atoms with van der Waals surface area (Å²) in [5.74, 6) is -0.0671. The van der Waals surface area contributed by atoms with E-state index in [0.717, 1.165) is 5.56 Å². The van der Waals surface area contributed by atoms with E-state index in [4.69, 9.17) is 5.73 Å². The average Bonchev–Trinajstić information content (AvgIpc) is 2.30. The Bertz CT molecular complexity index is 258. The van der Waals surface area contributed by atoms with Crippen LogP contribution in [0.1, 0.15) is 16.1 Å². The standard InChI is InChI=1S/C7H11N3O/c1-5-4-9-10(2)7(5)6(11)3-8/h4H,3,8H2,1-2H3. The number of aromatic nitrogens is 2. The van der Waals surface area contributed by atoms with E-state index in [-0.39, 0.29) is 12.3 Å². The number of carbonyl (C=O) groups excluding carboxylic acids is 1. The Morgan fingerprint density at radius 2 is 2.45 bits per heavy atom. The van der Waals surface area contributed by atoms with Crippen molar-refractivity contribution in [2.45, 2.75) is 6.92 Å². The van der Waals surface area contributed by atoms with E-state index in [1.807, 2.05) is 6.92 Å². The second kappa shape index (κ2) is 2.84.